The maximum Gasteiger partial charge on any atom is 0.255 e. The summed E-state index contributed by atoms with van der Waals surface area (Å²) in [6.45, 7) is 4.96. The molecule has 2 aliphatic rings. The molecule has 0 spiro atoms. The van der Waals surface area contributed by atoms with Crippen molar-refractivity contribution < 1.29 is 4.79 Å². The molecule has 4 aromatic rings. The van der Waals surface area contributed by atoms with Crippen LogP contribution in [0.5, 0.6) is 0 Å². The number of rotatable bonds is 3. The second-order valence-electron chi connectivity index (χ2n) is 8.96. The molecule has 0 aliphatic carbocycles. The van der Waals surface area contributed by atoms with Gasteiger partial charge >= 0.3 is 0 Å². The number of hydrogen-bond donors (Lipinski definition) is 1. The molecule has 32 heavy (non-hydrogen) atoms. The summed E-state index contributed by atoms with van der Waals surface area (Å²) in [7, 11) is 0. The summed E-state index contributed by atoms with van der Waals surface area (Å²) in [4.78, 5) is 22.9. The molecule has 5 heterocycles. The largest absolute Gasteiger partial charge is 0.356 e. The van der Waals surface area contributed by atoms with E-state index in [1.54, 1.807) is 6.20 Å². The average molecular weight is 430 g/mol. The van der Waals surface area contributed by atoms with E-state index in [-0.39, 0.29) is 11.9 Å². The lowest BCUT2D eigenvalue weighted by atomic mass is 9.97. The van der Waals surface area contributed by atoms with Gasteiger partial charge < -0.3 is 9.80 Å². The zero-order chi connectivity index (χ0) is 21.7. The van der Waals surface area contributed by atoms with Crippen LogP contribution in [0.3, 0.4) is 0 Å². The average Bonchev–Trinajstić information content (AvgIpc) is 3.58. The summed E-state index contributed by atoms with van der Waals surface area (Å²) in [5, 5.41) is 12.8. The molecule has 2 fully saturated rings. The molecule has 2 saturated heterocycles. The van der Waals surface area contributed by atoms with Crippen LogP contribution in [0.1, 0.15) is 59.8 Å². The molecular formula is C24H27N7O. The summed E-state index contributed by atoms with van der Waals surface area (Å²) >= 11 is 0. The fourth-order valence-corrected chi connectivity index (χ4v) is 5.22. The lowest BCUT2D eigenvalue weighted by molar-refractivity contribution is 0.0608. The Kier molecular flexibility index (Phi) is 4.59. The minimum Gasteiger partial charge on any atom is -0.356 e. The number of nitrogens with one attached hydrogen (secondary N) is 1. The number of fused-ring (bicyclic) bond motifs is 2. The van der Waals surface area contributed by atoms with Crippen molar-refractivity contribution in [3.05, 3.63) is 53.5 Å². The van der Waals surface area contributed by atoms with Gasteiger partial charge in [0.2, 0.25) is 0 Å². The Balaban J connectivity index is 1.36. The van der Waals surface area contributed by atoms with Crippen LogP contribution in [-0.4, -0.2) is 55.2 Å². The smallest absolute Gasteiger partial charge is 0.255 e. The normalized spacial score (nSPS) is 19.3. The predicted molar refractivity (Wildman–Crippen MR) is 123 cm³/mol. The first-order valence-electron chi connectivity index (χ1n) is 11.5. The molecule has 1 unspecified atom stereocenters. The quantitative estimate of drug-likeness (QED) is 0.534. The van der Waals surface area contributed by atoms with E-state index in [1.807, 2.05) is 27.6 Å². The molecule has 1 N–H and O–H groups in total. The van der Waals surface area contributed by atoms with Crippen LogP contribution in [0.25, 0.3) is 16.6 Å². The highest BCUT2D eigenvalue weighted by Crippen LogP contribution is 2.33. The van der Waals surface area contributed by atoms with E-state index >= 15 is 0 Å². The van der Waals surface area contributed by atoms with Gasteiger partial charge in [0.25, 0.3) is 5.91 Å². The van der Waals surface area contributed by atoms with Gasteiger partial charge in [-0.3, -0.25) is 9.89 Å². The Morgan fingerprint density at radius 2 is 1.97 bits per heavy atom. The Hall–Kier alpha value is -3.42. The molecule has 6 rings (SSSR count). The van der Waals surface area contributed by atoms with E-state index in [1.165, 1.54) is 12.8 Å². The Bertz CT molecular complexity index is 1300. The molecule has 1 amide bonds. The molecule has 0 radical (unpaired) electrons. The molecule has 0 bridgehead atoms. The molecule has 8 heteroatoms. The molecule has 8 nitrogen and oxygen atoms in total. The van der Waals surface area contributed by atoms with Crippen LogP contribution >= 0.6 is 0 Å². The topological polar surface area (TPSA) is 82.4 Å². The molecule has 0 saturated carbocycles. The minimum atomic E-state index is -0.0457. The first-order chi connectivity index (χ1) is 15.7. The van der Waals surface area contributed by atoms with Crippen LogP contribution < -0.4 is 4.90 Å². The van der Waals surface area contributed by atoms with Crippen LogP contribution in [0.2, 0.25) is 0 Å². The standard InChI is InChI=1S/C24H27N7O/c1-16-15-31-22(26-23(16)29-10-4-5-11-29)13-20(28-31)21-9-2-3-12-30(21)24(32)17-7-6-8-19-18(17)14-25-27-19/h6-8,13-15,21H,2-5,9-12H2,1H3,(H,25,27). The Morgan fingerprint density at radius 3 is 2.84 bits per heavy atom. The number of carbonyl (C=O) groups is 1. The van der Waals surface area contributed by atoms with Gasteiger partial charge in [-0.2, -0.15) is 10.2 Å². The van der Waals surface area contributed by atoms with Crippen LogP contribution in [0, 0.1) is 6.92 Å². The van der Waals surface area contributed by atoms with Crippen molar-refractivity contribution in [3.63, 3.8) is 0 Å². The number of nitrogens with zero attached hydrogens (tertiary/aromatic N) is 6. The maximum absolute atomic E-state index is 13.6. The number of piperidine rings is 1. The number of anilines is 1. The summed E-state index contributed by atoms with van der Waals surface area (Å²) in [5.74, 6) is 1.10. The monoisotopic (exact) mass is 429 g/mol. The number of likely N-dealkylation sites (tertiary alicyclic amines) is 1. The van der Waals surface area contributed by atoms with Gasteiger partial charge in [-0.25, -0.2) is 9.50 Å². The molecule has 3 aromatic heterocycles. The van der Waals surface area contributed by atoms with E-state index in [0.29, 0.717) is 5.56 Å². The molecule has 1 aromatic carbocycles. The van der Waals surface area contributed by atoms with Gasteiger partial charge in [-0.1, -0.05) is 6.07 Å². The van der Waals surface area contributed by atoms with Gasteiger partial charge in [-0.05, 0) is 51.2 Å². The first-order valence-corrected chi connectivity index (χ1v) is 11.5. The van der Waals surface area contributed by atoms with E-state index in [2.05, 4.69) is 34.3 Å². The summed E-state index contributed by atoms with van der Waals surface area (Å²) in [6, 6.07) is 7.76. The third kappa shape index (κ3) is 3.13. The van der Waals surface area contributed by atoms with Crippen molar-refractivity contribution in [1.29, 1.82) is 0 Å². The highest BCUT2D eigenvalue weighted by Gasteiger charge is 2.31. The molecular weight excluding hydrogens is 402 g/mol. The SMILES string of the molecule is Cc1cn2nc(C3CCCCN3C(=O)c3cccc4[nH]ncc34)cc2nc1N1CCCC1. The van der Waals surface area contributed by atoms with Gasteiger partial charge in [-0.15, -0.1) is 0 Å². The highest BCUT2D eigenvalue weighted by atomic mass is 16.2. The lowest BCUT2D eigenvalue weighted by Gasteiger charge is -2.35. The number of aryl methyl sites for hydroxylation is 1. The van der Waals surface area contributed by atoms with Crippen molar-refractivity contribution in [2.45, 2.75) is 45.1 Å². The third-order valence-corrected chi connectivity index (χ3v) is 6.85. The molecule has 2 aliphatic heterocycles. The lowest BCUT2D eigenvalue weighted by Crippen LogP contribution is -2.38. The van der Waals surface area contributed by atoms with E-state index < -0.39 is 0 Å². The maximum atomic E-state index is 13.6. The van der Waals surface area contributed by atoms with Crippen LogP contribution in [0.4, 0.5) is 5.82 Å². The van der Waals surface area contributed by atoms with E-state index in [9.17, 15) is 4.79 Å². The van der Waals surface area contributed by atoms with E-state index in [4.69, 9.17) is 10.1 Å². The second kappa shape index (κ2) is 7.62. The summed E-state index contributed by atoms with van der Waals surface area (Å²) in [5.41, 5.74) is 4.48. The van der Waals surface area contributed by atoms with Crippen molar-refractivity contribution in [1.82, 2.24) is 29.7 Å². The van der Waals surface area contributed by atoms with Crippen molar-refractivity contribution in [2.24, 2.45) is 0 Å². The van der Waals surface area contributed by atoms with Crippen molar-refractivity contribution in [3.8, 4) is 0 Å². The zero-order valence-corrected chi connectivity index (χ0v) is 18.3. The first kappa shape index (κ1) is 19.3. The number of benzene rings is 1. The fourth-order valence-electron chi connectivity index (χ4n) is 5.22. The molecule has 1 atom stereocenters. The zero-order valence-electron chi connectivity index (χ0n) is 18.3. The van der Waals surface area contributed by atoms with Gasteiger partial charge in [0.15, 0.2) is 5.65 Å². The number of hydrogen-bond acceptors (Lipinski definition) is 5. The van der Waals surface area contributed by atoms with E-state index in [0.717, 1.165) is 72.5 Å². The van der Waals surface area contributed by atoms with Crippen molar-refractivity contribution in [2.75, 3.05) is 24.5 Å². The third-order valence-electron chi connectivity index (χ3n) is 6.85. The number of aromatic amines is 1. The predicted octanol–water partition coefficient (Wildman–Crippen LogP) is 3.88. The van der Waals surface area contributed by atoms with Crippen molar-refractivity contribution >= 4 is 28.3 Å². The van der Waals surface area contributed by atoms with Gasteiger partial charge in [0, 0.05) is 42.8 Å². The fraction of sp³-hybridized carbons (Fsp3) is 0.417. The minimum absolute atomic E-state index is 0.0423. The Morgan fingerprint density at radius 1 is 1.12 bits per heavy atom. The summed E-state index contributed by atoms with van der Waals surface area (Å²) < 4.78 is 1.87. The van der Waals surface area contributed by atoms with Gasteiger partial charge in [0.05, 0.1) is 29.0 Å². The number of carbonyl (C=O) groups excluding carboxylic acids is 1. The van der Waals surface area contributed by atoms with Gasteiger partial charge in [0.1, 0.15) is 5.82 Å². The van der Waals surface area contributed by atoms with Crippen LogP contribution in [0.15, 0.2) is 36.7 Å². The molecule has 164 valence electrons. The summed E-state index contributed by atoms with van der Waals surface area (Å²) in [6.07, 6.45) is 9.25. The number of aromatic nitrogens is 5. The Labute approximate surface area is 186 Å². The number of H-pyrrole nitrogens is 1. The number of amides is 1. The van der Waals surface area contributed by atoms with Crippen LogP contribution in [-0.2, 0) is 0 Å². The highest BCUT2D eigenvalue weighted by molar-refractivity contribution is 6.06. The second-order valence-corrected chi connectivity index (χ2v) is 8.96.